The molecule has 6 nitrogen and oxygen atoms in total. The molecule has 0 unspecified atom stereocenters. The molecule has 0 aliphatic carbocycles. The summed E-state index contributed by atoms with van der Waals surface area (Å²) in [5, 5.41) is 8.77. The molecule has 0 atom stereocenters. The molecule has 19 heavy (non-hydrogen) atoms. The van der Waals surface area contributed by atoms with Gasteiger partial charge in [-0.05, 0) is 25.5 Å². The number of aromatic amines is 1. The molecule has 2 N–H and O–H groups in total. The molecular formula is C13H16N2O4. The molecule has 1 rings (SSSR count). The van der Waals surface area contributed by atoms with Crippen LogP contribution in [-0.2, 0) is 4.79 Å². The van der Waals surface area contributed by atoms with Gasteiger partial charge in [-0.3, -0.25) is 14.4 Å². The molecule has 1 aromatic heterocycles. The Morgan fingerprint density at radius 2 is 2.11 bits per heavy atom. The first kappa shape index (κ1) is 14.7. The number of nitrogens with zero attached hydrogens (tertiary/aromatic N) is 1. The van der Waals surface area contributed by atoms with Crippen LogP contribution in [0.4, 0.5) is 0 Å². The van der Waals surface area contributed by atoms with Crippen molar-refractivity contribution in [1.29, 1.82) is 0 Å². The predicted octanol–water partition coefficient (Wildman–Crippen LogP) is 0.705. The molecular weight excluding hydrogens is 248 g/mol. The first-order chi connectivity index (χ1) is 8.86. The fourth-order valence-corrected chi connectivity index (χ4v) is 1.82. The molecule has 1 heterocycles. The van der Waals surface area contributed by atoms with Gasteiger partial charge in [0.15, 0.2) is 0 Å². The minimum Gasteiger partial charge on any atom is -0.480 e. The summed E-state index contributed by atoms with van der Waals surface area (Å²) in [5.74, 6) is -1.75. The second-order valence-corrected chi connectivity index (χ2v) is 4.21. The van der Waals surface area contributed by atoms with E-state index in [1.165, 1.54) is 6.08 Å². The highest BCUT2D eigenvalue weighted by Gasteiger charge is 2.22. The molecule has 0 fully saturated rings. The molecule has 1 amide bonds. The van der Waals surface area contributed by atoms with Gasteiger partial charge in [0, 0.05) is 12.2 Å². The molecule has 0 radical (unpaired) electrons. The van der Waals surface area contributed by atoms with Crippen LogP contribution in [0.3, 0.4) is 0 Å². The van der Waals surface area contributed by atoms with Crippen LogP contribution in [0.1, 0.15) is 21.6 Å². The van der Waals surface area contributed by atoms with E-state index in [1.807, 2.05) is 0 Å². The Morgan fingerprint density at radius 1 is 1.47 bits per heavy atom. The molecule has 1 aromatic rings. The van der Waals surface area contributed by atoms with Gasteiger partial charge in [0.2, 0.25) is 0 Å². The van der Waals surface area contributed by atoms with Crippen LogP contribution in [0.2, 0.25) is 0 Å². The van der Waals surface area contributed by atoms with E-state index in [-0.39, 0.29) is 12.1 Å². The van der Waals surface area contributed by atoms with Crippen molar-refractivity contribution in [2.45, 2.75) is 13.8 Å². The first-order valence-corrected chi connectivity index (χ1v) is 5.69. The van der Waals surface area contributed by atoms with Crippen molar-refractivity contribution in [3.8, 4) is 0 Å². The van der Waals surface area contributed by atoms with E-state index in [4.69, 9.17) is 5.11 Å². The number of nitrogens with one attached hydrogen (secondary N) is 1. The van der Waals surface area contributed by atoms with Crippen LogP contribution < -0.4 is 5.56 Å². The number of pyridine rings is 1. The number of carboxylic acid groups (broad SMARTS) is 1. The molecule has 0 saturated heterocycles. The maximum absolute atomic E-state index is 12.2. The molecule has 6 heteroatoms. The van der Waals surface area contributed by atoms with Gasteiger partial charge < -0.3 is 15.0 Å². The SMILES string of the molecule is C=CCN(CC(=O)O)C(=O)c1c(C)cc(C)[nH]c1=O. The number of rotatable bonds is 5. The number of carboxylic acids is 1. The van der Waals surface area contributed by atoms with Crippen molar-refractivity contribution in [1.82, 2.24) is 9.88 Å². The highest BCUT2D eigenvalue weighted by Crippen LogP contribution is 2.07. The second kappa shape index (κ2) is 5.99. The summed E-state index contributed by atoms with van der Waals surface area (Å²) in [7, 11) is 0. The van der Waals surface area contributed by atoms with Crippen molar-refractivity contribution in [2.24, 2.45) is 0 Å². The van der Waals surface area contributed by atoms with Crippen molar-refractivity contribution in [3.63, 3.8) is 0 Å². The normalized spacial score (nSPS) is 10.0. The maximum Gasteiger partial charge on any atom is 0.323 e. The smallest absolute Gasteiger partial charge is 0.323 e. The summed E-state index contributed by atoms with van der Waals surface area (Å²) in [5.41, 5.74) is 0.619. The lowest BCUT2D eigenvalue weighted by Crippen LogP contribution is -2.39. The van der Waals surface area contributed by atoms with E-state index in [9.17, 15) is 14.4 Å². The van der Waals surface area contributed by atoms with E-state index in [2.05, 4.69) is 11.6 Å². The van der Waals surface area contributed by atoms with Gasteiger partial charge in [-0.25, -0.2) is 0 Å². The maximum atomic E-state index is 12.2. The average Bonchev–Trinajstić information content (AvgIpc) is 2.26. The van der Waals surface area contributed by atoms with E-state index < -0.39 is 24.0 Å². The van der Waals surface area contributed by atoms with Crippen LogP contribution >= 0.6 is 0 Å². The lowest BCUT2D eigenvalue weighted by Gasteiger charge is -2.19. The number of aryl methyl sites for hydroxylation is 2. The fraction of sp³-hybridized carbons (Fsp3) is 0.308. The quantitative estimate of drug-likeness (QED) is 0.766. The van der Waals surface area contributed by atoms with Crippen LogP contribution in [0.25, 0.3) is 0 Å². The predicted molar refractivity (Wildman–Crippen MR) is 70.3 cm³/mol. The zero-order chi connectivity index (χ0) is 14.6. The summed E-state index contributed by atoms with van der Waals surface area (Å²) < 4.78 is 0. The van der Waals surface area contributed by atoms with Gasteiger partial charge in [-0.2, -0.15) is 0 Å². The zero-order valence-electron chi connectivity index (χ0n) is 10.9. The number of carbonyl (C=O) groups excluding carboxylic acids is 1. The zero-order valence-corrected chi connectivity index (χ0v) is 10.9. The van der Waals surface area contributed by atoms with Crippen molar-refractivity contribution < 1.29 is 14.7 Å². The third-order valence-electron chi connectivity index (χ3n) is 2.54. The molecule has 0 aliphatic heterocycles. The number of hydrogen-bond donors (Lipinski definition) is 2. The van der Waals surface area contributed by atoms with Gasteiger partial charge in [0.1, 0.15) is 12.1 Å². The summed E-state index contributed by atoms with van der Waals surface area (Å²) in [6.07, 6.45) is 1.42. The van der Waals surface area contributed by atoms with Crippen molar-refractivity contribution in [2.75, 3.05) is 13.1 Å². The summed E-state index contributed by atoms with van der Waals surface area (Å²) in [6, 6.07) is 1.67. The summed E-state index contributed by atoms with van der Waals surface area (Å²) in [4.78, 5) is 38.4. The van der Waals surface area contributed by atoms with Crippen LogP contribution in [0.5, 0.6) is 0 Å². The van der Waals surface area contributed by atoms with Gasteiger partial charge in [-0.15, -0.1) is 6.58 Å². The summed E-state index contributed by atoms with van der Waals surface area (Å²) >= 11 is 0. The molecule has 0 aromatic carbocycles. The highest BCUT2D eigenvalue weighted by molar-refractivity contribution is 5.96. The van der Waals surface area contributed by atoms with Crippen LogP contribution in [0, 0.1) is 13.8 Å². The molecule has 0 saturated carbocycles. The minimum absolute atomic E-state index is 0.0336. The Hall–Kier alpha value is -2.37. The van der Waals surface area contributed by atoms with Crippen LogP contribution in [-0.4, -0.2) is 40.0 Å². The van der Waals surface area contributed by atoms with Crippen molar-refractivity contribution in [3.05, 3.63) is 45.9 Å². The van der Waals surface area contributed by atoms with Gasteiger partial charge >= 0.3 is 5.97 Å². The van der Waals surface area contributed by atoms with E-state index >= 15 is 0 Å². The molecule has 102 valence electrons. The highest BCUT2D eigenvalue weighted by atomic mass is 16.4. The number of carbonyl (C=O) groups is 2. The van der Waals surface area contributed by atoms with Gasteiger partial charge in [-0.1, -0.05) is 6.08 Å². The monoisotopic (exact) mass is 264 g/mol. The van der Waals surface area contributed by atoms with Crippen LogP contribution in [0.15, 0.2) is 23.5 Å². The third-order valence-corrected chi connectivity index (χ3v) is 2.54. The number of amides is 1. The third kappa shape index (κ3) is 3.54. The van der Waals surface area contributed by atoms with Gasteiger partial charge in [0.25, 0.3) is 11.5 Å². The van der Waals surface area contributed by atoms with E-state index in [1.54, 1.807) is 19.9 Å². The lowest BCUT2D eigenvalue weighted by molar-refractivity contribution is -0.137. The minimum atomic E-state index is -1.14. The number of H-pyrrole nitrogens is 1. The molecule has 0 spiro atoms. The topological polar surface area (TPSA) is 90.5 Å². The Kier molecular flexibility index (Phi) is 4.63. The molecule has 0 aliphatic rings. The van der Waals surface area contributed by atoms with Gasteiger partial charge in [0.05, 0.1) is 0 Å². The van der Waals surface area contributed by atoms with E-state index in [0.717, 1.165) is 4.90 Å². The lowest BCUT2D eigenvalue weighted by atomic mass is 10.1. The number of hydrogen-bond acceptors (Lipinski definition) is 3. The largest absolute Gasteiger partial charge is 0.480 e. The Balaban J connectivity index is 3.20. The standard InChI is InChI=1S/C13H16N2O4/c1-4-5-15(7-10(16)17)13(19)11-8(2)6-9(3)14-12(11)18/h4,6H,1,5,7H2,2-3H3,(H,14,18)(H,16,17). The average molecular weight is 264 g/mol. The Labute approximate surface area is 110 Å². The molecule has 0 bridgehead atoms. The Bertz CT molecular complexity index is 574. The second-order valence-electron chi connectivity index (χ2n) is 4.21. The number of aliphatic carboxylic acids is 1. The fourth-order valence-electron chi connectivity index (χ4n) is 1.82. The van der Waals surface area contributed by atoms with Crippen molar-refractivity contribution >= 4 is 11.9 Å². The first-order valence-electron chi connectivity index (χ1n) is 5.69. The Morgan fingerprint density at radius 3 is 2.58 bits per heavy atom. The summed E-state index contributed by atoms with van der Waals surface area (Å²) in [6.45, 7) is 6.41. The van der Waals surface area contributed by atoms with E-state index in [0.29, 0.717) is 11.3 Å². The number of aromatic nitrogens is 1.